The summed E-state index contributed by atoms with van der Waals surface area (Å²) in [5.41, 5.74) is 1.56. The molecule has 134 valence electrons. The van der Waals surface area contributed by atoms with Crippen LogP contribution in [0.2, 0.25) is 0 Å². The SMILES string of the molecule is O=C(CSc1nc(-c2ccco2)nc2ccccc12)Nc1ccccc1Br. The molecule has 0 fully saturated rings. The molecule has 2 aromatic carbocycles. The van der Waals surface area contributed by atoms with Crippen molar-refractivity contribution in [3.63, 3.8) is 0 Å². The molecule has 0 atom stereocenters. The van der Waals surface area contributed by atoms with E-state index >= 15 is 0 Å². The van der Waals surface area contributed by atoms with E-state index in [-0.39, 0.29) is 11.7 Å². The highest BCUT2D eigenvalue weighted by Crippen LogP contribution is 2.29. The first kappa shape index (κ1) is 17.8. The van der Waals surface area contributed by atoms with Gasteiger partial charge in [0, 0.05) is 9.86 Å². The molecular weight excluding hydrogens is 426 g/mol. The maximum absolute atomic E-state index is 12.4. The molecule has 0 saturated heterocycles. The van der Waals surface area contributed by atoms with Gasteiger partial charge in [0.25, 0.3) is 0 Å². The molecular formula is C20H14BrN3O2S. The molecule has 2 aromatic heterocycles. The van der Waals surface area contributed by atoms with Crippen molar-refractivity contribution in [3.8, 4) is 11.6 Å². The Labute approximate surface area is 168 Å². The number of carbonyl (C=O) groups is 1. The number of thioether (sulfide) groups is 1. The van der Waals surface area contributed by atoms with E-state index in [1.807, 2.05) is 54.6 Å². The number of amides is 1. The van der Waals surface area contributed by atoms with Crippen LogP contribution in [0.3, 0.4) is 0 Å². The van der Waals surface area contributed by atoms with Gasteiger partial charge in [-0.3, -0.25) is 4.79 Å². The van der Waals surface area contributed by atoms with E-state index in [1.165, 1.54) is 11.8 Å². The van der Waals surface area contributed by atoms with Crippen LogP contribution < -0.4 is 5.32 Å². The summed E-state index contributed by atoms with van der Waals surface area (Å²) in [5.74, 6) is 1.24. The van der Waals surface area contributed by atoms with Crippen LogP contribution in [0.1, 0.15) is 0 Å². The van der Waals surface area contributed by atoms with Crippen LogP contribution in [-0.4, -0.2) is 21.6 Å². The average molecular weight is 440 g/mol. The Morgan fingerprint density at radius 3 is 2.67 bits per heavy atom. The summed E-state index contributed by atoms with van der Waals surface area (Å²) >= 11 is 4.81. The smallest absolute Gasteiger partial charge is 0.234 e. The zero-order valence-corrected chi connectivity index (χ0v) is 16.5. The van der Waals surface area contributed by atoms with Gasteiger partial charge in [0.05, 0.1) is 23.2 Å². The predicted octanol–water partition coefficient (Wildman–Crippen LogP) is 5.38. The minimum Gasteiger partial charge on any atom is -0.461 e. The fraction of sp³-hybridized carbons (Fsp3) is 0.0500. The second-order valence-corrected chi connectivity index (χ2v) is 7.48. The summed E-state index contributed by atoms with van der Waals surface area (Å²) in [6.07, 6.45) is 1.59. The molecule has 5 nitrogen and oxygen atoms in total. The molecule has 4 rings (SSSR count). The lowest BCUT2D eigenvalue weighted by atomic mass is 10.2. The molecule has 0 radical (unpaired) electrons. The molecule has 0 bridgehead atoms. The Morgan fingerprint density at radius 2 is 1.85 bits per heavy atom. The van der Waals surface area contributed by atoms with E-state index in [0.29, 0.717) is 11.6 Å². The molecule has 1 amide bonds. The lowest BCUT2D eigenvalue weighted by molar-refractivity contribution is -0.113. The van der Waals surface area contributed by atoms with Gasteiger partial charge in [-0.15, -0.1) is 0 Å². The Morgan fingerprint density at radius 1 is 1.04 bits per heavy atom. The second kappa shape index (κ2) is 7.94. The maximum atomic E-state index is 12.4. The van der Waals surface area contributed by atoms with Crippen LogP contribution in [0.25, 0.3) is 22.5 Å². The van der Waals surface area contributed by atoms with Crippen molar-refractivity contribution in [2.45, 2.75) is 5.03 Å². The van der Waals surface area contributed by atoms with Gasteiger partial charge in [-0.2, -0.15) is 0 Å². The van der Waals surface area contributed by atoms with Crippen molar-refractivity contribution in [2.24, 2.45) is 0 Å². The van der Waals surface area contributed by atoms with Gasteiger partial charge in [0.2, 0.25) is 5.91 Å². The van der Waals surface area contributed by atoms with Crippen LogP contribution in [0, 0.1) is 0 Å². The van der Waals surface area contributed by atoms with E-state index in [4.69, 9.17) is 4.42 Å². The van der Waals surface area contributed by atoms with Crippen molar-refractivity contribution in [1.82, 2.24) is 9.97 Å². The summed E-state index contributed by atoms with van der Waals surface area (Å²) in [4.78, 5) is 21.5. The highest BCUT2D eigenvalue weighted by molar-refractivity contribution is 9.10. The number of halogens is 1. The van der Waals surface area contributed by atoms with E-state index in [0.717, 1.165) is 26.1 Å². The fourth-order valence-corrected chi connectivity index (χ4v) is 3.76. The van der Waals surface area contributed by atoms with Gasteiger partial charge >= 0.3 is 0 Å². The topological polar surface area (TPSA) is 68.0 Å². The third-order valence-electron chi connectivity index (χ3n) is 3.80. The Hall–Kier alpha value is -2.64. The molecule has 0 aliphatic heterocycles. The summed E-state index contributed by atoms with van der Waals surface area (Å²) in [7, 11) is 0. The number of para-hydroxylation sites is 2. The molecule has 4 aromatic rings. The quantitative estimate of drug-likeness (QED) is 0.333. The first-order valence-corrected chi connectivity index (χ1v) is 9.96. The number of benzene rings is 2. The third kappa shape index (κ3) is 4.04. The number of aromatic nitrogens is 2. The van der Waals surface area contributed by atoms with E-state index < -0.39 is 0 Å². The first-order chi connectivity index (χ1) is 13.2. The second-order valence-electron chi connectivity index (χ2n) is 5.66. The van der Waals surface area contributed by atoms with E-state index in [2.05, 4.69) is 31.2 Å². The molecule has 0 unspecified atom stereocenters. The van der Waals surface area contributed by atoms with Crippen LogP contribution in [-0.2, 0) is 4.79 Å². The number of carbonyl (C=O) groups excluding carboxylic acids is 1. The minimum absolute atomic E-state index is 0.103. The van der Waals surface area contributed by atoms with E-state index in [1.54, 1.807) is 12.3 Å². The number of nitrogens with zero attached hydrogens (tertiary/aromatic N) is 2. The van der Waals surface area contributed by atoms with Crippen LogP contribution in [0.5, 0.6) is 0 Å². The van der Waals surface area contributed by atoms with Gasteiger partial charge in [-0.1, -0.05) is 42.1 Å². The number of hydrogen-bond donors (Lipinski definition) is 1. The van der Waals surface area contributed by atoms with Crippen LogP contribution in [0.15, 0.2) is 80.8 Å². The lowest BCUT2D eigenvalue weighted by Gasteiger charge is -2.09. The number of hydrogen-bond acceptors (Lipinski definition) is 5. The number of furan rings is 1. The average Bonchev–Trinajstić information content (AvgIpc) is 3.22. The maximum Gasteiger partial charge on any atom is 0.234 e. The van der Waals surface area contributed by atoms with Gasteiger partial charge < -0.3 is 9.73 Å². The molecule has 1 N–H and O–H groups in total. The standard InChI is InChI=1S/C20H14BrN3O2S/c21-14-7-2-4-9-16(14)22-18(25)12-27-20-13-6-1-3-8-15(13)23-19(24-20)17-10-5-11-26-17/h1-11H,12H2,(H,22,25). The number of nitrogens with one attached hydrogen (secondary N) is 1. The van der Waals surface area contributed by atoms with Crippen molar-refractivity contribution < 1.29 is 9.21 Å². The van der Waals surface area contributed by atoms with Crippen LogP contribution >= 0.6 is 27.7 Å². The zero-order valence-electron chi connectivity index (χ0n) is 14.1. The molecule has 0 spiro atoms. The molecule has 0 aliphatic carbocycles. The summed E-state index contributed by atoms with van der Waals surface area (Å²) < 4.78 is 6.27. The van der Waals surface area contributed by atoms with Gasteiger partial charge in [-0.25, -0.2) is 9.97 Å². The van der Waals surface area contributed by atoms with E-state index in [9.17, 15) is 4.79 Å². The fourth-order valence-electron chi connectivity index (χ4n) is 2.56. The molecule has 2 heterocycles. The number of anilines is 1. The minimum atomic E-state index is -0.103. The largest absolute Gasteiger partial charge is 0.461 e. The van der Waals surface area contributed by atoms with Crippen LogP contribution in [0.4, 0.5) is 5.69 Å². The molecule has 0 saturated carbocycles. The molecule has 7 heteroatoms. The van der Waals surface area contributed by atoms with Gasteiger partial charge in [0.15, 0.2) is 11.6 Å². The Bertz CT molecular complexity index is 1100. The third-order valence-corrected chi connectivity index (χ3v) is 5.48. The highest BCUT2D eigenvalue weighted by atomic mass is 79.9. The highest BCUT2D eigenvalue weighted by Gasteiger charge is 2.13. The summed E-state index contributed by atoms with van der Waals surface area (Å²) in [6.45, 7) is 0. The van der Waals surface area contributed by atoms with Crippen molar-refractivity contribution in [2.75, 3.05) is 11.1 Å². The summed E-state index contributed by atoms with van der Waals surface area (Å²) in [5, 5.41) is 4.56. The van der Waals surface area contributed by atoms with Crippen molar-refractivity contribution in [1.29, 1.82) is 0 Å². The first-order valence-electron chi connectivity index (χ1n) is 8.18. The van der Waals surface area contributed by atoms with Crippen molar-refractivity contribution >= 4 is 50.2 Å². The lowest BCUT2D eigenvalue weighted by Crippen LogP contribution is -2.14. The molecule has 0 aliphatic rings. The number of fused-ring (bicyclic) bond motifs is 1. The Kier molecular flexibility index (Phi) is 5.22. The monoisotopic (exact) mass is 439 g/mol. The zero-order chi connectivity index (χ0) is 18.6. The molecule has 27 heavy (non-hydrogen) atoms. The van der Waals surface area contributed by atoms with Gasteiger partial charge in [0.1, 0.15) is 5.03 Å². The normalized spacial score (nSPS) is 10.9. The predicted molar refractivity (Wildman–Crippen MR) is 111 cm³/mol. The van der Waals surface area contributed by atoms with Crippen molar-refractivity contribution in [3.05, 3.63) is 71.4 Å². The number of rotatable bonds is 5. The summed E-state index contributed by atoms with van der Waals surface area (Å²) in [6, 6.07) is 18.9. The Balaban J connectivity index is 1.58. The van der Waals surface area contributed by atoms with Gasteiger partial charge in [-0.05, 0) is 46.3 Å².